The Morgan fingerprint density at radius 2 is 1.85 bits per heavy atom. The number of aliphatic hydroxyl groups is 1. The van der Waals surface area contributed by atoms with Crippen LogP contribution in [0, 0.1) is 17.8 Å². The summed E-state index contributed by atoms with van der Waals surface area (Å²) in [6, 6.07) is 7.14. The summed E-state index contributed by atoms with van der Waals surface area (Å²) >= 11 is 0. The van der Waals surface area contributed by atoms with Crippen LogP contribution in [0.25, 0.3) is 0 Å². The number of amides is 3. The summed E-state index contributed by atoms with van der Waals surface area (Å²) < 4.78 is 13.0. The molecule has 10 nitrogen and oxygen atoms in total. The zero-order valence-electron chi connectivity index (χ0n) is 29.4. The average molecular weight is 666 g/mol. The van der Waals surface area contributed by atoms with Crippen molar-refractivity contribution in [1.82, 2.24) is 14.7 Å². The van der Waals surface area contributed by atoms with E-state index in [1.807, 2.05) is 51.1 Å². The van der Waals surface area contributed by atoms with Gasteiger partial charge in [0.05, 0.1) is 36.6 Å². The van der Waals surface area contributed by atoms with Crippen molar-refractivity contribution in [3.05, 3.63) is 61.2 Å². The monoisotopic (exact) mass is 665 g/mol. The number of nitrogens with zero attached hydrogens (tertiary/aromatic N) is 3. The first-order valence-corrected chi connectivity index (χ1v) is 17.6. The Morgan fingerprint density at radius 3 is 2.46 bits per heavy atom. The van der Waals surface area contributed by atoms with E-state index >= 15 is 0 Å². The molecule has 0 saturated carbocycles. The Morgan fingerprint density at radius 1 is 1.15 bits per heavy atom. The highest BCUT2D eigenvalue weighted by Crippen LogP contribution is 2.59. The molecule has 0 radical (unpaired) electrons. The van der Waals surface area contributed by atoms with E-state index in [4.69, 9.17) is 9.47 Å². The molecule has 3 saturated heterocycles. The minimum atomic E-state index is -1.22. The minimum absolute atomic E-state index is 0.101. The van der Waals surface area contributed by atoms with Crippen LogP contribution in [-0.4, -0.2) is 100 Å². The summed E-state index contributed by atoms with van der Waals surface area (Å²) in [6.45, 7) is 15.8. The number of esters is 1. The van der Waals surface area contributed by atoms with Gasteiger partial charge in [-0.3, -0.25) is 19.2 Å². The molecule has 1 N–H and O–H groups in total. The van der Waals surface area contributed by atoms with Crippen LogP contribution in [0.4, 0.5) is 0 Å². The van der Waals surface area contributed by atoms with Gasteiger partial charge in [0.15, 0.2) is 0 Å². The highest BCUT2D eigenvalue weighted by molar-refractivity contribution is 5.98. The lowest BCUT2D eigenvalue weighted by Gasteiger charge is -2.40. The molecule has 3 aliphatic heterocycles. The number of fused-ring (bicyclic) bond motifs is 1. The van der Waals surface area contributed by atoms with Gasteiger partial charge in [0, 0.05) is 26.6 Å². The van der Waals surface area contributed by atoms with Gasteiger partial charge in [-0.25, -0.2) is 0 Å². The molecule has 8 atom stereocenters. The molecule has 1 spiro atoms. The van der Waals surface area contributed by atoms with Crippen molar-refractivity contribution < 1.29 is 33.8 Å². The SMILES string of the molecule is C=CCCC(=O)N(C)[C@H](C)[C@H](OC(=O)[C@@H]1[C@H]2C(=O)N([C@@H](CO)C(C)C)[C@H](C(=O)N(CC=C)CCCCC)[C@]23CC[C@H]1O3)c1ccccc1. The van der Waals surface area contributed by atoms with Crippen molar-refractivity contribution in [3.8, 4) is 0 Å². The van der Waals surface area contributed by atoms with E-state index in [2.05, 4.69) is 20.1 Å². The smallest absolute Gasteiger partial charge is 0.313 e. The maximum Gasteiger partial charge on any atom is 0.313 e. The van der Waals surface area contributed by atoms with E-state index in [0.29, 0.717) is 32.4 Å². The lowest BCUT2D eigenvalue weighted by Crippen LogP contribution is -2.59. The number of hydrogen-bond acceptors (Lipinski definition) is 7. The topological polar surface area (TPSA) is 117 Å². The van der Waals surface area contributed by atoms with Crippen molar-refractivity contribution in [1.29, 1.82) is 0 Å². The predicted octanol–water partition coefficient (Wildman–Crippen LogP) is 4.68. The lowest BCUT2D eigenvalue weighted by atomic mass is 9.70. The summed E-state index contributed by atoms with van der Waals surface area (Å²) in [7, 11) is 1.69. The highest BCUT2D eigenvalue weighted by atomic mass is 16.6. The summed E-state index contributed by atoms with van der Waals surface area (Å²) in [5, 5.41) is 10.5. The third-order valence-corrected chi connectivity index (χ3v) is 10.6. The second kappa shape index (κ2) is 16.3. The number of unbranched alkanes of at least 4 members (excludes halogenated alkanes) is 2. The molecule has 3 amide bonds. The molecule has 1 aromatic carbocycles. The van der Waals surface area contributed by atoms with Crippen LogP contribution in [0.1, 0.15) is 84.3 Å². The van der Waals surface area contributed by atoms with Gasteiger partial charge in [0.1, 0.15) is 17.7 Å². The minimum Gasteiger partial charge on any atom is -0.455 e. The van der Waals surface area contributed by atoms with Crippen LogP contribution in [0.2, 0.25) is 0 Å². The molecule has 48 heavy (non-hydrogen) atoms. The number of allylic oxidation sites excluding steroid dienone is 1. The van der Waals surface area contributed by atoms with Gasteiger partial charge in [-0.1, -0.05) is 76.1 Å². The number of carbonyl (C=O) groups is 4. The number of rotatable bonds is 18. The maximum absolute atomic E-state index is 14.6. The van der Waals surface area contributed by atoms with E-state index in [1.54, 1.807) is 29.0 Å². The van der Waals surface area contributed by atoms with Crippen molar-refractivity contribution in [3.63, 3.8) is 0 Å². The first-order chi connectivity index (χ1) is 23.0. The Balaban J connectivity index is 1.71. The largest absolute Gasteiger partial charge is 0.455 e. The number of hydrogen-bond donors (Lipinski definition) is 1. The van der Waals surface area contributed by atoms with E-state index in [1.165, 1.54) is 4.90 Å². The molecule has 0 aliphatic carbocycles. The molecule has 3 fully saturated rings. The van der Waals surface area contributed by atoms with Crippen LogP contribution in [-0.2, 0) is 28.7 Å². The number of likely N-dealkylation sites (N-methyl/N-ethyl adjacent to an activating group) is 1. The second-order valence-corrected chi connectivity index (χ2v) is 13.9. The standard InChI is InChI=1S/C38H55N3O7/c1-8-11-16-23-40(22-10-3)36(45)34-38-21-20-29(48-38)31(32(38)35(44)41(34)28(24-42)25(4)5)37(46)47-33(27-17-14-13-15-18-27)26(6)39(7)30(43)19-12-9-2/h9-10,13-15,17-18,25-26,28-29,31-34,42H,2-3,8,11-12,16,19-24H2,1,4-7H3/t26-,28+,29-,31+,32+,33+,34-,38+/m1/s1. The van der Waals surface area contributed by atoms with Crippen LogP contribution >= 0.6 is 0 Å². The van der Waals surface area contributed by atoms with Gasteiger partial charge in [0.2, 0.25) is 17.7 Å². The lowest BCUT2D eigenvalue weighted by molar-refractivity contribution is -0.165. The molecule has 10 heteroatoms. The number of carbonyl (C=O) groups excluding carboxylic acids is 4. The van der Waals surface area contributed by atoms with Gasteiger partial charge in [-0.2, -0.15) is 0 Å². The number of aliphatic hydroxyl groups excluding tert-OH is 1. The molecular weight excluding hydrogens is 610 g/mol. The van der Waals surface area contributed by atoms with Gasteiger partial charge in [0.25, 0.3) is 0 Å². The fourth-order valence-electron chi connectivity index (χ4n) is 7.91. The maximum atomic E-state index is 14.6. The van der Waals surface area contributed by atoms with Crippen LogP contribution < -0.4 is 0 Å². The van der Waals surface area contributed by atoms with Crippen molar-refractivity contribution in [2.24, 2.45) is 17.8 Å². The van der Waals surface area contributed by atoms with Crippen molar-refractivity contribution >= 4 is 23.7 Å². The predicted molar refractivity (Wildman–Crippen MR) is 183 cm³/mol. The van der Waals surface area contributed by atoms with E-state index in [-0.39, 0.29) is 36.7 Å². The van der Waals surface area contributed by atoms with Gasteiger partial charge in [-0.15, -0.1) is 13.2 Å². The molecule has 4 rings (SSSR count). The fraction of sp³-hybridized carbons (Fsp3) is 0.632. The highest BCUT2D eigenvalue weighted by Gasteiger charge is 2.76. The summed E-state index contributed by atoms with van der Waals surface area (Å²) in [6.07, 6.45) is 6.48. The van der Waals surface area contributed by atoms with Crippen molar-refractivity contribution in [2.45, 2.75) is 109 Å². The number of likely N-dealkylation sites (tertiary alicyclic amines) is 1. The molecule has 0 unspecified atom stereocenters. The summed E-state index contributed by atoms with van der Waals surface area (Å²) in [5.74, 6) is -3.33. The van der Waals surface area contributed by atoms with Gasteiger partial charge in [-0.05, 0) is 44.1 Å². The average Bonchev–Trinajstić information content (AvgIpc) is 3.73. The zero-order valence-corrected chi connectivity index (χ0v) is 29.4. The quantitative estimate of drug-likeness (QED) is 0.138. The van der Waals surface area contributed by atoms with Crippen LogP contribution in [0.15, 0.2) is 55.6 Å². The molecule has 1 aromatic rings. The third kappa shape index (κ3) is 7.10. The molecule has 0 aromatic heterocycles. The van der Waals surface area contributed by atoms with Gasteiger partial charge >= 0.3 is 5.97 Å². The Hall–Kier alpha value is -3.50. The molecular formula is C38H55N3O7. The Kier molecular flexibility index (Phi) is 12.6. The molecule has 3 heterocycles. The zero-order chi connectivity index (χ0) is 35.2. The molecule has 264 valence electrons. The van der Waals surface area contributed by atoms with Crippen LogP contribution in [0.3, 0.4) is 0 Å². The Labute approximate surface area is 286 Å². The first kappa shape index (κ1) is 37.3. The molecule has 2 bridgehead atoms. The second-order valence-electron chi connectivity index (χ2n) is 13.9. The van der Waals surface area contributed by atoms with E-state index < -0.39 is 53.7 Å². The summed E-state index contributed by atoms with van der Waals surface area (Å²) in [4.78, 5) is 61.4. The van der Waals surface area contributed by atoms with Crippen molar-refractivity contribution in [2.75, 3.05) is 26.7 Å². The number of benzene rings is 1. The first-order valence-electron chi connectivity index (χ1n) is 17.6. The fourth-order valence-corrected chi connectivity index (χ4v) is 7.91. The number of ether oxygens (including phenoxy) is 2. The van der Waals surface area contributed by atoms with Gasteiger partial charge < -0.3 is 29.3 Å². The third-order valence-electron chi connectivity index (χ3n) is 10.6. The summed E-state index contributed by atoms with van der Waals surface area (Å²) in [5.41, 5.74) is -0.499. The van der Waals surface area contributed by atoms with E-state index in [9.17, 15) is 24.3 Å². The Bertz CT molecular complexity index is 1320. The molecule has 3 aliphatic rings. The van der Waals surface area contributed by atoms with Crippen LogP contribution in [0.5, 0.6) is 0 Å². The normalized spacial score (nSPS) is 26.1. The van der Waals surface area contributed by atoms with E-state index in [0.717, 1.165) is 24.8 Å².